The Kier molecular flexibility index (Phi) is 16.3. The standard InChI is InChI=1S/C93H71B3N8/c1-93(2,3)79-61-60-74(96-103(76-52-27-11-28-53-76)94(72-46-21-8-22-47-72)102(75-50-25-10-26-51-75)95(73-48-23-9-24-49-73)104(96)77-54-29-12-30-55-77)65-78(79)70-44-35-45-71(64-70)89-85(66-36-13-4-14-37-66)87(68-40-17-6-18-41-68)90(88(69-42-19-7-20-43-69)86(89)67-38-15-5-16-39-67)81-62-63-97-91(98-81)101-84-59-34-33-58-83(84)100-82-57-32-31-56-80(82)99-92(100)101/h4-65H,1-3H3. The number of nitrogens with zero attached hydrogens (tertiary/aromatic N) is 8. The average Bonchev–Trinajstić information content (AvgIpc) is 1.02. The molecule has 1 saturated heterocycles. The lowest BCUT2D eigenvalue weighted by molar-refractivity contribution is 0.592. The molecular weight excluding hydrogens is 1260 g/mol. The fourth-order valence-corrected chi connectivity index (χ4v) is 16.1. The molecule has 8 nitrogen and oxygen atoms in total. The van der Waals surface area contributed by atoms with E-state index in [1.807, 2.05) is 12.3 Å². The van der Waals surface area contributed by atoms with Crippen LogP contribution in [0.1, 0.15) is 26.3 Å². The van der Waals surface area contributed by atoms with Gasteiger partial charge in [0.25, 0.3) is 0 Å². The number of anilines is 3. The molecule has 1 aliphatic heterocycles. The Morgan fingerprint density at radius 1 is 0.288 bits per heavy atom. The van der Waals surface area contributed by atoms with Gasteiger partial charge in [-0.25, -0.2) is 19.5 Å². The Bertz CT molecular complexity index is 5730. The van der Waals surface area contributed by atoms with Crippen molar-refractivity contribution in [2.75, 3.05) is 14.2 Å². The molecule has 18 rings (SSSR count). The van der Waals surface area contributed by atoms with Crippen molar-refractivity contribution in [3.05, 3.63) is 382 Å². The van der Waals surface area contributed by atoms with Crippen molar-refractivity contribution in [1.82, 2.24) is 23.9 Å². The number of hydrogen-bond acceptors (Lipinski definition) is 6. The molecule has 17 aromatic rings. The van der Waals surface area contributed by atoms with E-state index in [1.165, 1.54) is 16.5 Å². The number of hydrogen-bond donors (Lipinski definition) is 0. The summed E-state index contributed by atoms with van der Waals surface area (Å²) in [7, 11) is 0. The maximum Gasteiger partial charge on any atom is 0.388 e. The van der Waals surface area contributed by atoms with Crippen molar-refractivity contribution >= 4 is 82.2 Å². The first kappa shape index (κ1) is 63.2. The first-order valence-electron chi connectivity index (χ1n) is 35.8. The van der Waals surface area contributed by atoms with E-state index >= 15 is 0 Å². The molecule has 0 unspecified atom stereocenters. The molecule has 104 heavy (non-hydrogen) atoms. The van der Waals surface area contributed by atoms with Crippen molar-refractivity contribution in [1.29, 1.82) is 0 Å². The summed E-state index contributed by atoms with van der Waals surface area (Å²) in [4.78, 5) is 16.3. The predicted octanol–water partition coefficient (Wildman–Crippen LogP) is 20.2. The zero-order valence-electron chi connectivity index (χ0n) is 58.1. The van der Waals surface area contributed by atoms with Crippen molar-refractivity contribution in [3.8, 4) is 84.0 Å². The number of para-hydroxylation sites is 7. The summed E-state index contributed by atoms with van der Waals surface area (Å²) in [6.45, 7) is 6.09. The van der Waals surface area contributed by atoms with E-state index in [-0.39, 0.29) is 26.4 Å². The van der Waals surface area contributed by atoms with Gasteiger partial charge < -0.3 is 14.2 Å². The van der Waals surface area contributed by atoms with Crippen LogP contribution in [-0.4, -0.2) is 44.9 Å². The molecule has 0 bridgehead atoms. The zero-order chi connectivity index (χ0) is 69.7. The van der Waals surface area contributed by atoms with Gasteiger partial charge in [0, 0.05) is 39.9 Å². The summed E-state index contributed by atoms with van der Waals surface area (Å²) >= 11 is 0. The summed E-state index contributed by atoms with van der Waals surface area (Å²) in [5.41, 5.74) is 26.4. The third-order valence-electron chi connectivity index (χ3n) is 20.5. The van der Waals surface area contributed by atoms with Crippen LogP contribution in [0.25, 0.3) is 112 Å². The van der Waals surface area contributed by atoms with Crippen LogP contribution in [-0.2, 0) is 5.41 Å². The smallest absolute Gasteiger partial charge is 0.388 e. The van der Waals surface area contributed by atoms with E-state index in [2.05, 4.69) is 408 Å². The van der Waals surface area contributed by atoms with E-state index in [0.717, 1.165) is 128 Å². The first-order valence-corrected chi connectivity index (χ1v) is 35.8. The average molecular weight is 1330 g/mol. The van der Waals surface area contributed by atoms with Crippen molar-refractivity contribution in [2.24, 2.45) is 0 Å². The Labute approximate surface area is 608 Å². The molecule has 0 saturated carbocycles. The molecule has 0 N–H and O–H groups in total. The minimum Gasteiger partial charge on any atom is -0.416 e. The monoisotopic (exact) mass is 1330 g/mol. The number of rotatable bonds is 14. The summed E-state index contributed by atoms with van der Waals surface area (Å²) < 4.78 is 12.3. The molecule has 1 fully saturated rings. The van der Waals surface area contributed by atoms with Crippen LogP contribution in [0.5, 0.6) is 0 Å². The molecule has 0 spiro atoms. The van der Waals surface area contributed by atoms with Crippen LogP contribution in [0.3, 0.4) is 0 Å². The largest absolute Gasteiger partial charge is 0.416 e. The van der Waals surface area contributed by atoms with Gasteiger partial charge in [0.15, 0.2) is 0 Å². The second kappa shape index (κ2) is 26.8. The lowest BCUT2D eigenvalue weighted by atomic mass is 9.37. The summed E-state index contributed by atoms with van der Waals surface area (Å²) in [5, 5.41) is 0. The highest BCUT2D eigenvalue weighted by atomic mass is 15.3. The predicted molar refractivity (Wildman–Crippen MR) is 438 cm³/mol. The number of imidazole rings is 2. The van der Waals surface area contributed by atoms with Crippen molar-refractivity contribution in [3.63, 3.8) is 0 Å². The lowest BCUT2D eigenvalue weighted by Crippen LogP contribution is -2.86. The lowest BCUT2D eigenvalue weighted by Gasteiger charge is -2.57. The highest BCUT2D eigenvalue weighted by Gasteiger charge is 2.56. The normalized spacial score (nSPS) is 12.6. The van der Waals surface area contributed by atoms with Gasteiger partial charge in [0.1, 0.15) is 0 Å². The van der Waals surface area contributed by atoms with Crippen LogP contribution < -0.4 is 30.6 Å². The molecule has 492 valence electrons. The zero-order valence-corrected chi connectivity index (χ0v) is 58.1. The summed E-state index contributed by atoms with van der Waals surface area (Å²) in [6, 6.07) is 135. The maximum absolute atomic E-state index is 5.83. The van der Waals surface area contributed by atoms with E-state index < -0.39 is 0 Å². The second-order valence-electron chi connectivity index (χ2n) is 27.8. The Morgan fingerprint density at radius 3 is 1.13 bits per heavy atom. The van der Waals surface area contributed by atoms with E-state index in [9.17, 15) is 0 Å². The fourth-order valence-electron chi connectivity index (χ4n) is 16.1. The Hall–Kier alpha value is -13.0. The minimum absolute atomic E-state index is 0.287. The minimum atomic E-state index is -0.376. The van der Waals surface area contributed by atoms with Crippen LogP contribution in [0.4, 0.5) is 17.1 Å². The van der Waals surface area contributed by atoms with Gasteiger partial charge in [-0.3, -0.25) is 4.40 Å². The number of aromatic nitrogens is 5. The molecule has 1 aliphatic rings. The molecule has 14 aromatic carbocycles. The fraction of sp³-hybridized carbons (Fsp3) is 0.0430. The van der Waals surface area contributed by atoms with Crippen LogP contribution in [0.15, 0.2) is 376 Å². The van der Waals surface area contributed by atoms with Gasteiger partial charge in [-0.2, -0.15) is 0 Å². The Morgan fingerprint density at radius 2 is 0.663 bits per heavy atom. The van der Waals surface area contributed by atoms with E-state index in [1.54, 1.807) is 0 Å². The molecule has 3 aromatic heterocycles. The van der Waals surface area contributed by atoms with Crippen LogP contribution in [0.2, 0.25) is 0 Å². The van der Waals surface area contributed by atoms with Gasteiger partial charge >= 0.3 is 20.9 Å². The van der Waals surface area contributed by atoms with Crippen LogP contribution in [0, 0.1) is 0 Å². The van der Waals surface area contributed by atoms with Gasteiger partial charge in [-0.1, -0.05) is 318 Å². The third kappa shape index (κ3) is 11.2. The van der Waals surface area contributed by atoms with E-state index in [4.69, 9.17) is 15.0 Å². The molecule has 0 aliphatic carbocycles. The maximum atomic E-state index is 5.83. The third-order valence-corrected chi connectivity index (χ3v) is 20.5. The van der Waals surface area contributed by atoms with Crippen LogP contribution >= 0.6 is 0 Å². The molecule has 0 radical (unpaired) electrons. The topological polar surface area (TPSA) is 57.7 Å². The summed E-state index contributed by atoms with van der Waals surface area (Å²) in [5.74, 6) is 1.26. The molecule has 4 heterocycles. The van der Waals surface area contributed by atoms with Gasteiger partial charge in [-0.15, -0.1) is 0 Å². The quantitative estimate of drug-likeness (QED) is 0.101. The molecule has 0 amide bonds. The first-order chi connectivity index (χ1) is 51.3. The van der Waals surface area contributed by atoms with E-state index in [0.29, 0.717) is 5.95 Å². The van der Waals surface area contributed by atoms with Crippen molar-refractivity contribution in [2.45, 2.75) is 26.2 Å². The molecular formula is C93H71B3N8. The molecule has 0 atom stereocenters. The summed E-state index contributed by atoms with van der Waals surface area (Å²) in [6.07, 6.45) is 1.92. The highest BCUT2D eigenvalue weighted by Crippen LogP contribution is 2.56. The molecule has 11 heteroatoms. The number of fused-ring (bicyclic) bond motifs is 5. The second-order valence-corrected chi connectivity index (χ2v) is 27.8. The Balaban J connectivity index is 0.924. The van der Waals surface area contributed by atoms with Gasteiger partial charge in [0.05, 0.1) is 27.8 Å². The van der Waals surface area contributed by atoms with Gasteiger partial charge in [0.2, 0.25) is 11.7 Å². The number of benzene rings is 14. The SMILES string of the molecule is CC(C)(C)c1ccc(B2N(c3ccccc3)B(c3ccccc3)N(c3ccccc3)B(c3ccccc3)N2c2ccccc2)cc1-c1cccc(-c2c(-c3ccccc3)c(-c3ccccc3)c(-c3ccnc(-n4c5ccccc5n5c6ccccc6nc45)n3)c(-c3ccccc3)c2-c2ccccc2)c1. The van der Waals surface area contributed by atoms with Gasteiger partial charge in [-0.05, 0) is 156 Å². The highest BCUT2D eigenvalue weighted by molar-refractivity contribution is 7.14. The van der Waals surface area contributed by atoms with Crippen molar-refractivity contribution < 1.29 is 0 Å².